The van der Waals surface area contributed by atoms with E-state index in [2.05, 4.69) is 34.3 Å². The first-order valence-corrected chi connectivity index (χ1v) is 7.59. The highest BCUT2D eigenvalue weighted by Crippen LogP contribution is 2.61. The Morgan fingerprint density at radius 3 is 2.59 bits per heavy atom. The fourth-order valence-corrected chi connectivity index (χ4v) is 5.10. The zero-order chi connectivity index (χ0) is 12.7. The summed E-state index contributed by atoms with van der Waals surface area (Å²) in [5.41, 5.74) is 2.66. The minimum absolute atomic E-state index is 0.549. The van der Waals surface area contributed by atoms with Crippen LogP contribution in [-0.4, -0.2) is 0 Å². The van der Waals surface area contributed by atoms with Gasteiger partial charge in [0.15, 0.2) is 0 Å². The summed E-state index contributed by atoms with van der Waals surface area (Å²) in [7, 11) is 0. The number of allylic oxidation sites excluding steroid dienone is 1. The van der Waals surface area contributed by atoms with Crippen molar-refractivity contribution in [3.63, 3.8) is 0 Å². The van der Waals surface area contributed by atoms with Crippen LogP contribution in [0, 0.1) is 22.7 Å². The molecule has 0 aromatic carbocycles. The summed E-state index contributed by atoms with van der Waals surface area (Å²) >= 11 is 0. The number of hydrogen-bond acceptors (Lipinski definition) is 0. The molecule has 98 valence electrons. The van der Waals surface area contributed by atoms with E-state index in [4.69, 9.17) is 0 Å². The lowest BCUT2D eigenvalue weighted by molar-refractivity contribution is -0.0541. The number of fused-ring (bicyclic) bond motifs is 1. The van der Waals surface area contributed by atoms with Gasteiger partial charge < -0.3 is 0 Å². The molecule has 0 aromatic heterocycles. The second kappa shape index (κ2) is 4.44. The summed E-state index contributed by atoms with van der Waals surface area (Å²) in [6.45, 7) is 14.3. The lowest BCUT2D eigenvalue weighted by Gasteiger charge is -2.58. The maximum atomic E-state index is 4.40. The Balaban J connectivity index is 2.31. The standard InChI is InChI=1S/C17H30/c1-6-8-14-13(2)9-10-15-16(3,4)11-7-12-17(14,15)5/h14-15H,2,6-12H2,1,3-5H3/t14?,15?,17-/m1/s1. The summed E-state index contributed by atoms with van der Waals surface area (Å²) in [6, 6.07) is 0. The van der Waals surface area contributed by atoms with E-state index in [9.17, 15) is 0 Å². The molecule has 0 bridgehead atoms. The largest absolute Gasteiger partial charge is 0.0996 e. The van der Waals surface area contributed by atoms with Crippen molar-refractivity contribution in [2.75, 3.05) is 0 Å². The van der Waals surface area contributed by atoms with Crippen molar-refractivity contribution in [3.05, 3.63) is 12.2 Å². The Kier molecular flexibility index (Phi) is 3.45. The monoisotopic (exact) mass is 234 g/mol. The van der Waals surface area contributed by atoms with E-state index in [1.54, 1.807) is 5.57 Å². The molecule has 0 aliphatic heterocycles. The molecule has 2 rings (SSSR count). The molecule has 0 heterocycles. The van der Waals surface area contributed by atoms with Crippen LogP contribution in [-0.2, 0) is 0 Å². The predicted molar refractivity (Wildman–Crippen MR) is 76.0 cm³/mol. The molecule has 2 aliphatic carbocycles. The van der Waals surface area contributed by atoms with Crippen molar-refractivity contribution < 1.29 is 0 Å². The molecule has 0 amide bonds. The average Bonchev–Trinajstić information content (AvgIpc) is 2.22. The van der Waals surface area contributed by atoms with Crippen LogP contribution in [0.2, 0.25) is 0 Å². The third-order valence-corrected chi connectivity index (χ3v) is 5.90. The number of rotatable bonds is 2. The van der Waals surface area contributed by atoms with Crippen LogP contribution in [0.15, 0.2) is 12.2 Å². The van der Waals surface area contributed by atoms with Gasteiger partial charge >= 0.3 is 0 Å². The first-order chi connectivity index (χ1) is 7.92. The molecule has 0 radical (unpaired) electrons. The Labute approximate surface area is 108 Å². The molecule has 2 aliphatic rings. The first kappa shape index (κ1) is 13.2. The Bertz CT molecular complexity index is 299. The second-order valence-electron chi connectivity index (χ2n) is 7.44. The lowest BCUT2D eigenvalue weighted by Crippen LogP contribution is -2.49. The average molecular weight is 234 g/mol. The Hall–Kier alpha value is -0.260. The van der Waals surface area contributed by atoms with Crippen molar-refractivity contribution in [1.82, 2.24) is 0 Å². The molecule has 2 saturated carbocycles. The Morgan fingerprint density at radius 1 is 1.24 bits per heavy atom. The maximum Gasteiger partial charge on any atom is -0.0149 e. The van der Waals surface area contributed by atoms with Gasteiger partial charge in [-0.1, -0.05) is 52.7 Å². The van der Waals surface area contributed by atoms with Crippen molar-refractivity contribution in [1.29, 1.82) is 0 Å². The Morgan fingerprint density at radius 2 is 1.94 bits per heavy atom. The summed E-state index contributed by atoms with van der Waals surface area (Å²) < 4.78 is 0. The van der Waals surface area contributed by atoms with E-state index in [-0.39, 0.29) is 0 Å². The van der Waals surface area contributed by atoms with Gasteiger partial charge in [-0.05, 0) is 54.8 Å². The van der Waals surface area contributed by atoms with Crippen LogP contribution < -0.4 is 0 Å². The number of hydrogen-bond donors (Lipinski definition) is 0. The summed E-state index contributed by atoms with van der Waals surface area (Å²) in [5, 5.41) is 0. The molecule has 0 saturated heterocycles. The van der Waals surface area contributed by atoms with E-state index in [1.165, 1.54) is 44.9 Å². The first-order valence-electron chi connectivity index (χ1n) is 7.59. The molecule has 3 atom stereocenters. The third kappa shape index (κ3) is 2.09. The van der Waals surface area contributed by atoms with Crippen LogP contribution in [0.5, 0.6) is 0 Å². The minimum atomic E-state index is 0.549. The van der Waals surface area contributed by atoms with E-state index >= 15 is 0 Å². The van der Waals surface area contributed by atoms with Crippen molar-refractivity contribution in [2.45, 2.75) is 72.6 Å². The van der Waals surface area contributed by atoms with E-state index in [0.717, 1.165) is 11.8 Å². The van der Waals surface area contributed by atoms with Crippen molar-refractivity contribution in [3.8, 4) is 0 Å². The van der Waals surface area contributed by atoms with Crippen LogP contribution in [0.25, 0.3) is 0 Å². The van der Waals surface area contributed by atoms with Crippen molar-refractivity contribution in [2.24, 2.45) is 22.7 Å². The van der Waals surface area contributed by atoms with Crippen LogP contribution in [0.3, 0.4) is 0 Å². The SMILES string of the molecule is C=C1CCC2C(C)(C)CCC[C@]2(C)C1CCC. The fraction of sp³-hybridized carbons (Fsp3) is 0.882. The van der Waals surface area contributed by atoms with Gasteiger partial charge in [0.2, 0.25) is 0 Å². The van der Waals surface area contributed by atoms with Gasteiger partial charge in [-0.25, -0.2) is 0 Å². The zero-order valence-electron chi connectivity index (χ0n) is 12.3. The molecule has 2 fully saturated rings. The maximum absolute atomic E-state index is 4.40. The highest BCUT2D eigenvalue weighted by Gasteiger charge is 2.52. The molecule has 17 heavy (non-hydrogen) atoms. The van der Waals surface area contributed by atoms with Crippen LogP contribution in [0.1, 0.15) is 72.6 Å². The zero-order valence-corrected chi connectivity index (χ0v) is 12.3. The second-order valence-corrected chi connectivity index (χ2v) is 7.44. The molecule has 2 unspecified atom stereocenters. The summed E-state index contributed by atoms with van der Waals surface area (Å²) in [4.78, 5) is 0. The van der Waals surface area contributed by atoms with Crippen molar-refractivity contribution >= 4 is 0 Å². The van der Waals surface area contributed by atoms with E-state index < -0.39 is 0 Å². The quantitative estimate of drug-likeness (QED) is 0.547. The van der Waals surface area contributed by atoms with Gasteiger partial charge in [0.25, 0.3) is 0 Å². The highest BCUT2D eigenvalue weighted by molar-refractivity contribution is 5.15. The van der Waals surface area contributed by atoms with Gasteiger partial charge in [-0.2, -0.15) is 0 Å². The highest BCUT2D eigenvalue weighted by atomic mass is 14.6. The van der Waals surface area contributed by atoms with Gasteiger partial charge in [-0.15, -0.1) is 0 Å². The molecular weight excluding hydrogens is 204 g/mol. The van der Waals surface area contributed by atoms with Gasteiger partial charge in [-0.3, -0.25) is 0 Å². The molecule has 0 nitrogen and oxygen atoms in total. The smallest absolute Gasteiger partial charge is 0.0149 e. The topological polar surface area (TPSA) is 0 Å². The minimum Gasteiger partial charge on any atom is -0.0996 e. The van der Waals surface area contributed by atoms with Crippen LogP contribution in [0.4, 0.5) is 0 Å². The van der Waals surface area contributed by atoms with Gasteiger partial charge in [0, 0.05) is 0 Å². The molecule has 0 N–H and O–H groups in total. The van der Waals surface area contributed by atoms with Crippen LogP contribution >= 0.6 is 0 Å². The fourth-order valence-electron chi connectivity index (χ4n) is 5.10. The molecule has 0 spiro atoms. The summed E-state index contributed by atoms with van der Waals surface area (Å²) in [6.07, 6.45) is 9.64. The molecule has 0 aromatic rings. The van der Waals surface area contributed by atoms with E-state index in [1.807, 2.05) is 0 Å². The normalized spacial score (nSPS) is 41.1. The van der Waals surface area contributed by atoms with Gasteiger partial charge in [0.1, 0.15) is 0 Å². The predicted octanol–water partition coefficient (Wildman–Crippen LogP) is 5.59. The van der Waals surface area contributed by atoms with E-state index in [0.29, 0.717) is 10.8 Å². The molecular formula is C17H30. The molecule has 0 heteroatoms. The van der Waals surface area contributed by atoms with Gasteiger partial charge in [0.05, 0.1) is 0 Å². The lowest BCUT2D eigenvalue weighted by atomic mass is 9.47. The third-order valence-electron chi connectivity index (χ3n) is 5.90. The summed E-state index contributed by atoms with van der Waals surface area (Å²) in [5.74, 6) is 1.72.